The van der Waals surface area contributed by atoms with Crippen molar-refractivity contribution >= 4 is 23.5 Å². The van der Waals surface area contributed by atoms with Crippen molar-refractivity contribution in [1.82, 2.24) is 0 Å². The molecule has 2 aromatic rings. The Morgan fingerprint density at radius 2 is 1.83 bits per heavy atom. The molecule has 2 heterocycles. The van der Waals surface area contributed by atoms with E-state index in [2.05, 4.69) is 87.1 Å². The van der Waals surface area contributed by atoms with E-state index in [1.807, 2.05) is 24.3 Å². The Morgan fingerprint density at radius 1 is 1.10 bits per heavy atom. The Morgan fingerprint density at radius 3 is 2.43 bits per heavy atom. The van der Waals surface area contributed by atoms with E-state index < -0.39 is 0 Å². The van der Waals surface area contributed by atoms with E-state index in [4.69, 9.17) is 0 Å². The molecule has 0 spiro atoms. The first-order valence-corrected chi connectivity index (χ1v) is 10.4. The maximum Gasteiger partial charge on any atom is 0.226 e. The first-order chi connectivity index (χ1) is 14.5. The van der Waals surface area contributed by atoms with Gasteiger partial charge in [-0.05, 0) is 48.8 Å². The molecule has 0 fully saturated rings. The minimum Gasteiger partial charge on any atom is -0.356 e. The first-order valence-electron chi connectivity index (χ1n) is 10.4. The molecule has 30 heavy (non-hydrogen) atoms. The number of rotatable bonds is 8. The maximum absolute atomic E-state index is 4.54. The summed E-state index contributed by atoms with van der Waals surface area (Å²) in [4.78, 5) is 0. The number of pyridine rings is 1. The van der Waals surface area contributed by atoms with E-state index in [1.54, 1.807) is 6.08 Å². The fourth-order valence-corrected chi connectivity index (χ4v) is 4.55. The van der Waals surface area contributed by atoms with Gasteiger partial charge in [0.25, 0.3) is 0 Å². The SMILES string of the molecule is C=CC=CC(=C)Nc1ccc2c(c1)-c1c(C=C)c(C=C)cc[n+]1C(=C)C2(CC)CC. The average Bonchev–Trinajstić information content (AvgIpc) is 2.77. The highest BCUT2D eigenvalue weighted by atomic mass is 15.0. The third-order valence-electron chi connectivity index (χ3n) is 6.21. The van der Waals surface area contributed by atoms with Gasteiger partial charge in [0.15, 0.2) is 11.9 Å². The number of benzene rings is 1. The number of hydrogen-bond donors (Lipinski definition) is 1. The summed E-state index contributed by atoms with van der Waals surface area (Å²) >= 11 is 0. The normalized spacial score (nSPS) is 14.0. The molecule has 0 radical (unpaired) electrons. The maximum atomic E-state index is 4.54. The molecule has 0 amide bonds. The van der Waals surface area contributed by atoms with Crippen molar-refractivity contribution in [2.45, 2.75) is 32.1 Å². The van der Waals surface area contributed by atoms with Crippen molar-refractivity contribution in [1.29, 1.82) is 0 Å². The third kappa shape index (κ3) is 3.29. The van der Waals surface area contributed by atoms with Crippen LogP contribution in [0.4, 0.5) is 5.69 Å². The van der Waals surface area contributed by atoms with Crippen molar-refractivity contribution in [3.05, 3.63) is 104 Å². The van der Waals surface area contributed by atoms with Gasteiger partial charge in [0.2, 0.25) is 5.69 Å². The molecular formula is C28H31N2+. The second-order valence-electron chi connectivity index (χ2n) is 7.55. The number of hydrogen-bond acceptors (Lipinski definition) is 1. The van der Waals surface area contributed by atoms with Gasteiger partial charge in [-0.15, -0.1) is 0 Å². The summed E-state index contributed by atoms with van der Waals surface area (Å²) in [5.41, 5.74) is 8.53. The fraction of sp³-hybridized carbons (Fsp3) is 0.179. The molecule has 1 aromatic carbocycles. The van der Waals surface area contributed by atoms with Crippen LogP contribution in [0.25, 0.3) is 29.1 Å². The fourth-order valence-electron chi connectivity index (χ4n) is 4.55. The van der Waals surface area contributed by atoms with Crippen molar-refractivity contribution in [3.63, 3.8) is 0 Å². The van der Waals surface area contributed by atoms with Crippen molar-refractivity contribution < 1.29 is 4.57 Å². The largest absolute Gasteiger partial charge is 0.356 e. The van der Waals surface area contributed by atoms with Gasteiger partial charge >= 0.3 is 0 Å². The Labute approximate surface area is 181 Å². The van der Waals surface area contributed by atoms with Gasteiger partial charge in [-0.3, -0.25) is 0 Å². The zero-order valence-electron chi connectivity index (χ0n) is 18.2. The summed E-state index contributed by atoms with van der Waals surface area (Å²) < 4.78 is 2.23. The van der Waals surface area contributed by atoms with E-state index in [0.29, 0.717) is 0 Å². The molecule has 1 N–H and O–H groups in total. The zero-order valence-corrected chi connectivity index (χ0v) is 18.2. The number of anilines is 1. The molecule has 0 saturated heterocycles. The molecule has 0 bridgehead atoms. The van der Waals surface area contributed by atoms with Gasteiger partial charge in [-0.25, -0.2) is 0 Å². The van der Waals surface area contributed by atoms with Crippen LogP contribution in [-0.2, 0) is 5.41 Å². The molecule has 1 aromatic heterocycles. The molecule has 152 valence electrons. The Balaban J connectivity index is 2.30. The summed E-state index contributed by atoms with van der Waals surface area (Å²) in [5.74, 6) is 0. The monoisotopic (exact) mass is 395 g/mol. The second-order valence-corrected chi connectivity index (χ2v) is 7.55. The number of aromatic nitrogens is 1. The zero-order chi connectivity index (χ0) is 21.9. The summed E-state index contributed by atoms with van der Waals surface area (Å²) in [6.07, 6.45) is 13.4. The van der Waals surface area contributed by atoms with Crippen LogP contribution in [0, 0.1) is 0 Å². The summed E-state index contributed by atoms with van der Waals surface area (Å²) in [6, 6.07) is 8.65. The average molecular weight is 396 g/mol. The number of nitrogens with zero attached hydrogens (tertiary/aromatic N) is 1. The van der Waals surface area contributed by atoms with Crippen LogP contribution in [-0.4, -0.2) is 0 Å². The van der Waals surface area contributed by atoms with Crippen LogP contribution >= 0.6 is 0 Å². The number of allylic oxidation sites excluding steroid dienone is 4. The van der Waals surface area contributed by atoms with Crippen molar-refractivity contribution in [2.75, 3.05) is 5.32 Å². The molecule has 2 nitrogen and oxygen atoms in total. The minimum absolute atomic E-state index is 0.112. The summed E-state index contributed by atoms with van der Waals surface area (Å²) in [5, 5.41) is 3.39. The first kappa shape index (κ1) is 21.3. The quantitative estimate of drug-likeness (QED) is 0.371. The van der Waals surface area contributed by atoms with E-state index >= 15 is 0 Å². The lowest BCUT2D eigenvalue weighted by atomic mass is 9.68. The molecule has 0 saturated carbocycles. The second kappa shape index (κ2) is 8.54. The Kier molecular flexibility index (Phi) is 6.07. The van der Waals surface area contributed by atoms with Crippen LogP contribution in [0.3, 0.4) is 0 Å². The standard InChI is InChI=1S/C28H31N2/c1-8-13-14-20(6)29-23-15-16-26-25(19-23)27-24(10-3)22(9-2)17-18-30(27)21(7)28(26,11-4)12-5/h8-10,13-19,29H,1-3,6-7,11-12H2,4-5H3/q+1. The van der Waals surface area contributed by atoms with E-state index in [1.165, 1.54) is 11.1 Å². The summed E-state index contributed by atoms with van der Waals surface area (Å²) in [6.45, 7) is 24.9. The molecule has 3 rings (SSSR count). The molecule has 1 aliphatic heterocycles. The topological polar surface area (TPSA) is 15.9 Å². The lowest BCUT2D eigenvalue weighted by molar-refractivity contribution is -0.577. The van der Waals surface area contributed by atoms with E-state index in [9.17, 15) is 0 Å². The highest BCUT2D eigenvalue weighted by Crippen LogP contribution is 2.48. The molecule has 0 atom stereocenters. The van der Waals surface area contributed by atoms with Gasteiger partial charge in [-0.1, -0.05) is 70.5 Å². The van der Waals surface area contributed by atoms with Crippen LogP contribution in [0.1, 0.15) is 43.4 Å². The van der Waals surface area contributed by atoms with E-state index in [0.717, 1.165) is 46.7 Å². The number of nitrogens with one attached hydrogen (secondary N) is 1. The van der Waals surface area contributed by atoms with Crippen molar-refractivity contribution in [2.24, 2.45) is 0 Å². The van der Waals surface area contributed by atoms with Gasteiger partial charge in [0, 0.05) is 17.5 Å². The van der Waals surface area contributed by atoms with Crippen LogP contribution in [0.15, 0.2) is 87.3 Å². The minimum atomic E-state index is -0.112. The van der Waals surface area contributed by atoms with Crippen LogP contribution in [0.2, 0.25) is 0 Å². The number of fused-ring (bicyclic) bond motifs is 3. The van der Waals surface area contributed by atoms with Crippen LogP contribution < -0.4 is 9.88 Å². The van der Waals surface area contributed by atoms with Gasteiger partial charge in [0.1, 0.15) is 0 Å². The van der Waals surface area contributed by atoms with Gasteiger partial charge < -0.3 is 5.32 Å². The molecular weight excluding hydrogens is 364 g/mol. The van der Waals surface area contributed by atoms with Crippen molar-refractivity contribution in [3.8, 4) is 11.3 Å². The molecule has 0 aliphatic carbocycles. The summed E-state index contributed by atoms with van der Waals surface area (Å²) in [7, 11) is 0. The molecule has 2 heteroatoms. The van der Waals surface area contributed by atoms with Crippen LogP contribution in [0.5, 0.6) is 0 Å². The van der Waals surface area contributed by atoms with Gasteiger partial charge in [-0.2, -0.15) is 4.57 Å². The Bertz CT molecular complexity index is 1080. The lowest BCUT2D eigenvalue weighted by Crippen LogP contribution is -2.49. The predicted octanol–water partition coefficient (Wildman–Crippen LogP) is 7.14. The Hall–Kier alpha value is -3.39. The predicted molar refractivity (Wildman–Crippen MR) is 132 cm³/mol. The van der Waals surface area contributed by atoms with Gasteiger partial charge in [0.05, 0.1) is 16.5 Å². The van der Waals surface area contributed by atoms with E-state index in [-0.39, 0.29) is 5.41 Å². The third-order valence-corrected chi connectivity index (χ3v) is 6.21. The lowest BCUT2D eigenvalue weighted by Gasteiger charge is -2.36. The highest BCUT2D eigenvalue weighted by molar-refractivity contribution is 5.83. The molecule has 1 aliphatic rings. The smallest absolute Gasteiger partial charge is 0.226 e. The highest BCUT2D eigenvalue weighted by Gasteiger charge is 2.46. The molecule has 0 unspecified atom stereocenters.